The van der Waals surface area contributed by atoms with Gasteiger partial charge < -0.3 is 14.4 Å². The van der Waals surface area contributed by atoms with Crippen LogP contribution in [0.2, 0.25) is 0 Å². The zero-order chi connectivity index (χ0) is 16.7. The van der Waals surface area contributed by atoms with Crippen molar-refractivity contribution in [3.05, 3.63) is 48.0 Å². The van der Waals surface area contributed by atoms with Crippen molar-refractivity contribution >= 4 is 22.4 Å². The van der Waals surface area contributed by atoms with Crippen LogP contribution in [-0.4, -0.2) is 30.7 Å². The number of anilines is 2. The summed E-state index contributed by atoms with van der Waals surface area (Å²) in [6, 6.07) is 8.57. The molecule has 0 bridgehead atoms. The molecule has 0 fully saturated rings. The summed E-state index contributed by atoms with van der Waals surface area (Å²) in [7, 11) is 3.19. The Balaban J connectivity index is 1.89. The second kappa shape index (κ2) is 5.63. The van der Waals surface area contributed by atoms with Crippen LogP contribution in [0.15, 0.2) is 36.7 Å². The molecule has 0 saturated heterocycles. The third kappa shape index (κ3) is 2.22. The van der Waals surface area contributed by atoms with Gasteiger partial charge in [0.1, 0.15) is 18.0 Å². The molecule has 0 radical (unpaired) electrons. The molecule has 0 unspecified atom stereocenters. The molecule has 6 heteroatoms. The van der Waals surface area contributed by atoms with Crippen molar-refractivity contribution in [2.75, 3.05) is 25.7 Å². The molecule has 0 aliphatic carbocycles. The van der Waals surface area contributed by atoms with E-state index in [2.05, 4.69) is 14.9 Å². The van der Waals surface area contributed by atoms with E-state index in [-0.39, 0.29) is 5.82 Å². The van der Waals surface area contributed by atoms with Crippen LogP contribution in [0.4, 0.5) is 15.9 Å². The first-order chi connectivity index (χ1) is 11.7. The normalized spacial score (nSPS) is 13.2. The molecular weight excluding hydrogens is 309 g/mol. The fourth-order valence-corrected chi connectivity index (χ4v) is 3.17. The second-order valence-electron chi connectivity index (χ2n) is 5.60. The first-order valence-corrected chi connectivity index (χ1v) is 7.64. The topological polar surface area (TPSA) is 47.5 Å². The zero-order valence-electron chi connectivity index (χ0n) is 13.4. The van der Waals surface area contributed by atoms with Crippen LogP contribution < -0.4 is 14.4 Å². The van der Waals surface area contributed by atoms with E-state index in [0.29, 0.717) is 11.5 Å². The lowest BCUT2D eigenvalue weighted by atomic mass is 10.1. The standard InChI is InChI=1S/C18H16FN3O2/c1-23-16-8-13-14(9-17(16)24-2)20-10-21-18(13)22-6-5-11-7-12(19)3-4-15(11)22/h3-4,7-10H,5-6H2,1-2H3. The summed E-state index contributed by atoms with van der Waals surface area (Å²) in [6.07, 6.45) is 2.32. The van der Waals surface area contributed by atoms with Gasteiger partial charge in [0.2, 0.25) is 0 Å². The molecule has 3 aromatic rings. The number of hydrogen-bond donors (Lipinski definition) is 0. The first-order valence-electron chi connectivity index (χ1n) is 7.64. The highest BCUT2D eigenvalue weighted by Crippen LogP contribution is 2.39. The van der Waals surface area contributed by atoms with Gasteiger partial charge in [-0.1, -0.05) is 0 Å². The van der Waals surface area contributed by atoms with Crippen molar-refractivity contribution in [3.63, 3.8) is 0 Å². The Bertz CT molecular complexity index is 930. The molecule has 1 aliphatic heterocycles. The van der Waals surface area contributed by atoms with Crippen LogP contribution in [0.1, 0.15) is 5.56 Å². The number of methoxy groups -OCH3 is 2. The quantitative estimate of drug-likeness (QED) is 0.738. The van der Waals surface area contributed by atoms with Gasteiger partial charge in [-0.2, -0.15) is 0 Å². The van der Waals surface area contributed by atoms with Gasteiger partial charge in [0.05, 0.1) is 19.7 Å². The van der Waals surface area contributed by atoms with E-state index in [0.717, 1.165) is 40.9 Å². The third-order valence-corrected chi connectivity index (χ3v) is 4.31. The van der Waals surface area contributed by atoms with Crippen molar-refractivity contribution in [1.82, 2.24) is 9.97 Å². The molecule has 0 atom stereocenters. The molecule has 1 aromatic heterocycles. The molecule has 2 aromatic carbocycles. The largest absolute Gasteiger partial charge is 0.493 e. The maximum atomic E-state index is 13.5. The van der Waals surface area contributed by atoms with E-state index in [1.165, 1.54) is 12.4 Å². The number of aromatic nitrogens is 2. The van der Waals surface area contributed by atoms with Gasteiger partial charge >= 0.3 is 0 Å². The summed E-state index contributed by atoms with van der Waals surface area (Å²) in [6.45, 7) is 0.749. The van der Waals surface area contributed by atoms with E-state index in [9.17, 15) is 4.39 Å². The second-order valence-corrected chi connectivity index (χ2v) is 5.60. The first kappa shape index (κ1) is 14.7. The molecule has 122 valence electrons. The predicted molar refractivity (Wildman–Crippen MR) is 89.8 cm³/mol. The number of ether oxygens (including phenoxy) is 2. The maximum absolute atomic E-state index is 13.5. The minimum atomic E-state index is -0.213. The number of benzene rings is 2. The predicted octanol–water partition coefficient (Wildman–Crippen LogP) is 3.48. The minimum absolute atomic E-state index is 0.213. The van der Waals surface area contributed by atoms with Crippen LogP contribution >= 0.6 is 0 Å². The third-order valence-electron chi connectivity index (χ3n) is 4.31. The Kier molecular flexibility index (Phi) is 3.45. The van der Waals surface area contributed by atoms with Gasteiger partial charge in [0.25, 0.3) is 0 Å². The summed E-state index contributed by atoms with van der Waals surface area (Å²) in [5.74, 6) is 1.82. The smallest absolute Gasteiger partial charge is 0.162 e. The Labute approximate surface area is 138 Å². The molecule has 24 heavy (non-hydrogen) atoms. The summed E-state index contributed by atoms with van der Waals surface area (Å²) in [5, 5.41) is 0.868. The molecule has 2 heterocycles. The van der Waals surface area contributed by atoms with Crippen LogP contribution in [0.5, 0.6) is 11.5 Å². The molecule has 0 N–H and O–H groups in total. The van der Waals surface area contributed by atoms with Crippen molar-refractivity contribution in [1.29, 1.82) is 0 Å². The average Bonchev–Trinajstić information content (AvgIpc) is 3.02. The van der Waals surface area contributed by atoms with E-state index in [4.69, 9.17) is 9.47 Å². The lowest BCUT2D eigenvalue weighted by molar-refractivity contribution is 0.356. The highest BCUT2D eigenvalue weighted by atomic mass is 19.1. The van der Waals surface area contributed by atoms with Crippen LogP contribution in [0, 0.1) is 5.82 Å². The van der Waals surface area contributed by atoms with E-state index < -0.39 is 0 Å². The number of halogens is 1. The van der Waals surface area contributed by atoms with Crippen molar-refractivity contribution < 1.29 is 13.9 Å². The lowest BCUT2D eigenvalue weighted by Gasteiger charge is -2.20. The fourth-order valence-electron chi connectivity index (χ4n) is 3.17. The number of nitrogens with zero attached hydrogens (tertiary/aromatic N) is 3. The Morgan fingerprint density at radius 1 is 1.04 bits per heavy atom. The van der Waals surface area contributed by atoms with Crippen LogP contribution in [0.25, 0.3) is 10.9 Å². The monoisotopic (exact) mass is 325 g/mol. The Hall–Kier alpha value is -2.89. The van der Waals surface area contributed by atoms with E-state index in [1.807, 2.05) is 12.1 Å². The molecule has 4 rings (SSSR count). The van der Waals surface area contributed by atoms with Crippen LogP contribution in [0.3, 0.4) is 0 Å². The Morgan fingerprint density at radius 2 is 1.83 bits per heavy atom. The van der Waals surface area contributed by atoms with Crippen molar-refractivity contribution in [2.45, 2.75) is 6.42 Å². The molecular formula is C18H16FN3O2. The van der Waals surface area contributed by atoms with Gasteiger partial charge in [0.15, 0.2) is 11.5 Å². The van der Waals surface area contributed by atoms with Crippen LogP contribution in [-0.2, 0) is 6.42 Å². The summed E-state index contributed by atoms with van der Waals surface area (Å²) >= 11 is 0. The van der Waals surface area contributed by atoms with Gasteiger partial charge in [-0.15, -0.1) is 0 Å². The van der Waals surface area contributed by atoms with Gasteiger partial charge in [0, 0.05) is 23.7 Å². The van der Waals surface area contributed by atoms with E-state index in [1.54, 1.807) is 26.4 Å². The summed E-state index contributed by atoms with van der Waals surface area (Å²) in [4.78, 5) is 10.9. The fraction of sp³-hybridized carbons (Fsp3) is 0.222. The minimum Gasteiger partial charge on any atom is -0.493 e. The summed E-state index contributed by atoms with van der Waals surface area (Å²) in [5.41, 5.74) is 2.74. The molecule has 0 amide bonds. The SMILES string of the molecule is COc1cc2ncnc(N3CCc4cc(F)ccc43)c2cc1OC. The number of hydrogen-bond acceptors (Lipinski definition) is 5. The van der Waals surface area contributed by atoms with Crippen molar-refractivity contribution in [2.24, 2.45) is 0 Å². The molecule has 0 saturated carbocycles. The molecule has 1 aliphatic rings. The van der Waals surface area contributed by atoms with Gasteiger partial charge in [-0.25, -0.2) is 14.4 Å². The van der Waals surface area contributed by atoms with Gasteiger partial charge in [-0.3, -0.25) is 0 Å². The molecule has 0 spiro atoms. The Morgan fingerprint density at radius 3 is 2.62 bits per heavy atom. The zero-order valence-corrected chi connectivity index (χ0v) is 13.4. The van der Waals surface area contributed by atoms with Gasteiger partial charge in [-0.05, 0) is 36.2 Å². The number of fused-ring (bicyclic) bond motifs is 2. The lowest BCUT2D eigenvalue weighted by Crippen LogP contribution is -2.15. The average molecular weight is 325 g/mol. The van der Waals surface area contributed by atoms with E-state index >= 15 is 0 Å². The maximum Gasteiger partial charge on any atom is 0.162 e. The molecule has 5 nitrogen and oxygen atoms in total. The highest BCUT2D eigenvalue weighted by molar-refractivity contribution is 5.94. The van der Waals surface area contributed by atoms with Crippen molar-refractivity contribution in [3.8, 4) is 11.5 Å². The highest BCUT2D eigenvalue weighted by Gasteiger charge is 2.24. The summed E-state index contributed by atoms with van der Waals surface area (Å²) < 4.78 is 24.2. The number of rotatable bonds is 3.